The van der Waals surface area contributed by atoms with Crippen molar-refractivity contribution >= 4 is 17.7 Å². The van der Waals surface area contributed by atoms with Gasteiger partial charge in [-0.3, -0.25) is 9.36 Å². The summed E-state index contributed by atoms with van der Waals surface area (Å²) in [5, 5.41) is 12.0. The van der Waals surface area contributed by atoms with Gasteiger partial charge in [-0.15, -0.1) is 10.2 Å². The molecule has 6 heteroatoms. The lowest BCUT2D eigenvalue weighted by molar-refractivity contribution is -0.118. The largest absolute Gasteiger partial charge is 0.355 e. The van der Waals surface area contributed by atoms with E-state index in [1.54, 1.807) is 6.33 Å². The maximum atomic E-state index is 12.1. The quantitative estimate of drug-likeness (QED) is 0.816. The number of carbonyl (C=O) groups is 1. The van der Waals surface area contributed by atoms with Crippen LogP contribution >= 0.6 is 11.8 Å². The Morgan fingerprint density at radius 3 is 2.88 bits per heavy atom. The van der Waals surface area contributed by atoms with Crippen molar-refractivity contribution < 1.29 is 4.79 Å². The van der Waals surface area contributed by atoms with Gasteiger partial charge < -0.3 is 5.32 Å². The van der Waals surface area contributed by atoms with Gasteiger partial charge in [0.25, 0.3) is 0 Å². The van der Waals surface area contributed by atoms with E-state index in [0.29, 0.717) is 11.7 Å². The van der Waals surface area contributed by atoms with Crippen molar-refractivity contribution in [1.29, 1.82) is 0 Å². The summed E-state index contributed by atoms with van der Waals surface area (Å²) in [6.45, 7) is 2.87. The number of carbonyl (C=O) groups excluding carboxylic acids is 1. The standard InChI is InChI=1S/C18H24N4OS/c1-14-7-5-6-10-16(14)22-13-20-21-18(22)24-12-17(23)19-11-15-8-3-2-4-9-15/h5-7,10,13,15H,2-4,8-9,11-12H2,1H3,(H,19,23). The molecule has 2 aromatic rings. The Labute approximate surface area is 147 Å². The Bertz CT molecular complexity index is 679. The molecule has 1 aliphatic carbocycles. The molecule has 5 nitrogen and oxygen atoms in total. The van der Waals surface area contributed by atoms with Crippen molar-refractivity contribution in [2.45, 2.75) is 44.2 Å². The molecule has 1 heterocycles. The topological polar surface area (TPSA) is 59.8 Å². The summed E-state index contributed by atoms with van der Waals surface area (Å²) in [5.74, 6) is 1.10. The lowest BCUT2D eigenvalue weighted by Gasteiger charge is -2.21. The molecule has 0 bridgehead atoms. The van der Waals surface area contributed by atoms with Gasteiger partial charge >= 0.3 is 0 Å². The maximum absolute atomic E-state index is 12.1. The minimum atomic E-state index is 0.0740. The zero-order valence-corrected chi connectivity index (χ0v) is 14.9. The van der Waals surface area contributed by atoms with Gasteiger partial charge in [-0.05, 0) is 37.3 Å². The van der Waals surface area contributed by atoms with Crippen LogP contribution < -0.4 is 5.32 Å². The minimum Gasteiger partial charge on any atom is -0.355 e. The maximum Gasteiger partial charge on any atom is 0.230 e. The number of thioether (sulfide) groups is 1. The van der Waals surface area contributed by atoms with Gasteiger partial charge in [-0.25, -0.2) is 0 Å². The predicted octanol–water partition coefficient (Wildman–Crippen LogP) is 3.36. The van der Waals surface area contributed by atoms with E-state index in [-0.39, 0.29) is 5.91 Å². The smallest absolute Gasteiger partial charge is 0.230 e. The molecule has 1 amide bonds. The Morgan fingerprint density at radius 2 is 2.08 bits per heavy atom. The summed E-state index contributed by atoms with van der Waals surface area (Å²) in [4.78, 5) is 12.1. The molecule has 1 fully saturated rings. The first-order valence-electron chi connectivity index (χ1n) is 8.59. The van der Waals surface area contributed by atoms with Crippen LogP contribution in [0, 0.1) is 12.8 Å². The second-order valence-electron chi connectivity index (χ2n) is 6.37. The van der Waals surface area contributed by atoms with Crippen LogP contribution in [0.15, 0.2) is 35.7 Å². The first kappa shape index (κ1) is 17.0. The van der Waals surface area contributed by atoms with E-state index < -0.39 is 0 Å². The fourth-order valence-corrected chi connectivity index (χ4v) is 3.90. The molecule has 0 atom stereocenters. The second kappa shape index (κ2) is 8.33. The zero-order chi connectivity index (χ0) is 16.8. The van der Waals surface area contributed by atoms with Crippen LogP contribution in [0.2, 0.25) is 0 Å². The highest BCUT2D eigenvalue weighted by molar-refractivity contribution is 7.99. The molecule has 1 saturated carbocycles. The number of hydrogen-bond acceptors (Lipinski definition) is 4. The summed E-state index contributed by atoms with van der Waals surface area (Å²) < 4.78 is 1.94. The molecule has 0 saturated heterocycles. The zero-order valence-electron chi connectivity index (χ0n) is 14.1. The average Bonchev–Trinajstić information content (AvgIpc) is 3.08. The van der Waals surface area contributed by atoms with E-state index in [2.05, 4.69) is 28.5 Å². The average molecular weight is 344 g/mol. The van der Waals surface area contributed by atoms with Gasteiger partial charge in [-0.2, -0.15) is 0 Å². The highest BCUT2D eigenvalue weighted by atomic mass is 32.2. The monoisotopic (exact) mass is 344 g/mol. The molecule has 0 unspecified atom stereocenters. The number of hydrogen-bond donors (Lipinski definition) is 1. The van der Waals surface area contributed by atoms with Gasteiger partial charge in [-0.1, -0.05) is 49.2 Å². The van der Waals surface area contributed by atoms with E-state index in [0.717, 1.165) is 23.0 Å². The number of nitrogens with zero attached hydrogens (tertiary/aromatic N) is 3. The fraction of sp³-hybridized carbons (Fsp3) is 0.500. The molecule has 1 aliphatic rings. The van der Waals surface area contributed by atoms with Crippen LogP contribution in [0.3, 0.4) is 0 Å². The first-order valence-corrected chi connectivity index (χ1v) is 9.58. The van der Waals surface area contributed by atoms with Crippen molar-refractivity contribution in [3.8, 4) is 5.69 Å². The number of amides is 1. The summed E-state index contributed by atoms with van der Waals surface area (Å²) in [6, 6.07) is 8.09. The molecular weight excluding hydrogens is 320 g/mol. The third-order valence-corrected chi connectivity index (χ3v) is 5.48. The summed E-state index contributed by atoms with van der Waals surface area (Å²) >= 11 is 1.43. The van der Waals surface area contributed by atoms with E-state index in [1.165, 1.54) is 43.9 Å². The molecule has 1 N–H and O–H groups in total. The summed E-state index contributed by atoms with van der Waals surface area (Å²) in [5.41, 5.74) is 2.20. The SMILES string of the molecule is Cc1ccccc1-n1cnnc1SCC(=O)NCC1CCCCC1. The highest BCUT2D eigenvalue weighted by Crippen LogP contribution is 2.23. The molecule has 24 heavy (non-hydrogen) atoms. The highest BCUT2D eigenvalue weighted by Gasteiger charge is 2.15. The van der Waals surface area contributed by atoms with Crippen molar-refractivity contribution in [2.75, 3.05) is 12.3 Å². The van der Waals surface area contributed by atoms with E-state index >= 15 is 0 Å². The van der Waals surface area contributed by atoms with E-state index in [1.807, 2.05) is 22.8 Å². The Morgan fingerprint density at radius 1 is 1.29 bits per heavy atom. The summed E-state index contributed by atoms with van der Waals surface area (Å²) in [7, 11) is 0. The van der Waals surface area contributed by atoms with E-state index in [9.17, 15) is 4.79 Å². The van der Waals surface area contributed by atoms with Crippen LogP contribution in [0.5, 0.6) is 0 Å². The van der Waals surface area contributed by atoms with Crippen LogP contribution in [-0.2, 0) is 4.79 Å². The van der Waals surface area contributed by atoms with Crippen LogP contribution in [0.1, 0.15) is 37.7 Å². The van der Waals surface area contributed by atoms with Crippen LogP contribution in [0.4, 0.5) is 0 Å². The molecule has 0 aliphatic heterocycles. The Balaban J connectivity index is 1.53. The Hall–Kier alpha value is -1.82. The van der Waals surface area contributed by atoms with Gasteiger partial charge in [0.15, 0.2) is 5.16 Å². The molecule has 3 rings (SSSR count). The minimum absolute atomic E-state index is 0.0740. The molecule has 128 valence electrons. The lowest BCUT2D eigenvalue weighted by Crippen LogP contribution is -2.31. The normalized spacial score (nSPS) is 15.4. The van der Waals surface area contributed by atoms with Gasteiger partial charge in [0.1, 0.15) is 6.33 Å². The summed E-state index contributed by atoms with van der Waals surface area (Å²) in [6.07, 6.45) is 8.13. The molecular formula is C18H24N4OS. The van der Waals surface area contributed by atoms with Crippen molar-refractivity contribution in [3.63, 3.8) is 0 Å². The predicted molar refractivity (Wildman–Crippen MR) is 96.4 cm³/mol. The van der Waals surface area contributed by atoms with Crippen LogP contribution in [-0.4, -0.2) is 33.0 Å². The molecule has 1 aromatic heterocycles. The van der Waals surface area contributed by atoms with Gasteiger partial charge in [0, 0.05) is 6.54 Å². The number of benzene rings is 1. The fourth-order valence-electron chi connectivity index (χ4n) is 3.15. The van der Waals surface area contributed by atoms with Crippen molar-refractivity contribution in [3.05, 3.63) is 36.2 Å². The molecule has 0 radical (unpaired) electrons. The third kappa shape index (κ3) is 4.38. The van der Waals surface area contributed by atoms with E-state index in [4.69, 9.17) is 0 Å². The van der Waals surface area contributed by atoms with Crippen molar-refractivity contribution in [1.82, 2.24) is 20.1 Å². The van der Waals surface area contributed by atoms with Crippen molar-refractivity contribution in [2.24, 2.45) is 5.92 Å². The third-order valence-electron chi connectivity index (χ3n) is 4.54. The Kier molecular flexibility index (Phi) is 5.91. The number of para-hydroxylation sites is 1. The van der Waals surface area contributed by atoms with Gasteiger partial charge in [0.2, 0.25) is 5.91 Å². The number of rotatable bonds is 6. The molecule has 1 aromatic carbocycles. The second-order valence-corrected chi connectivity index (χ2v) is 7.31. The number of nitrogens with one attached hydrogen (secondary N) is 1. The number of aromatic nitrogens is 3. The lowest BCUT2D eigenvalue weighted by atomic mass is 9.89. The van der Waals surface area contributed by atoms with Gasteiger partial charge in [0.05, 0.1) is 11.4 Å². The first-order chi connectivity index (χ1) is 11.7. The molecule has 0 spiro atoms. The number of aryl methyl sites for hydroxylation is 1. The van der Waals surface area contributed by atoms with Crippen LogP contribution in [0.25, 0.3) is 5.69 Å².